The SMILES string of the molecule is N[C@@H](Cc1c(C2CC2)[nH]oc1=O)C(=O)O. The van der Waals surface area contributed by atoms with Gasteiger partial charge in [0, 0.05) is 12.3 Å². The number of hydrogen-bond donors (Lipinski definition) is 3. The number of aliphatic carboxylic acids is 1. The van der Waals surface area contributed by atoms with E-state index in [9.17, 15) is 9.59 Å². The van der Waals surface area contributed by atoms with Crippen LogP contribution in [0, 0.1) is 0 Å². The van der Waals surface area contributed by atoms with Gasteiger partial charge in [0.25, 0.3) is 0 Å². The van der Waals surface area contributed by atoms with Crippen LogP contribution in [0.3, 0.4) is 0 Å². The quantitative estimate of drug-likeness (QED) is 0.640. The summed E-state index contributed by atoms with van der Waals surface area (Å²) in [5.41, 5.74) is 5.97. The highest BCUT2D eigenvalue weighted by atomic mass is 16.5. The van der Waals surface area contributed by atoms with Crippen LogP contribution in [-0.2, 0) is 11.2 Å². The minimum absolute atomic E-state index is 0.0208. The van der Waals surface area contributed by atoms with Crippen LogP contribution in [0.4, 0.5) is 0 Å². The van der Waals surface area contributed by atoms with Crippen LogP contribution in [0.1, 0.15) is 30.0 Å². The zero-order valence-corrected chi connectivity index (χ0v) is 8.03. The summed E-state index contributed by atoms with van der Waals surface area (Å²) in [6.07, 6.45) is 2.03. The molecule has 1 aliphatic carbocycles. The van der Waals surface area contributed by atoms with Gasteiger partial charge in [-0.25, -0.2) is 9.95 Å². The minimum atomic E-state index is -1.11. The van der Waals surface area contributed by atoms with E-state index < -0.39 is 17.6 Å². The number of carboxylic acids is 1. The smallest absolute Gasteiger partial charge is 0.360 e. The van der Waals surface area contributed by atoms with Crippen LogP contribution in [0.2, 0.25) is 0 Å². The number of carboxylic acid groups (broad SMARTS) is 1. The van der Waals surface area contributed by atoms with Crippen LogP contribution < -0.4 is 11.4 Å². The first-order chi connectivity index (χ1) is 7.09. The molecule has 1 saturated carbocycles. The van der Waals surface area contributed by atoms with Gasteiger partial charge in [-0.15, -0.1) is 0 Å². The molecule has 4 N–H and O–H groups in total. The number of hydrogen-bond acceptors (Lipinski definition) is 4. The van der Waals surface area contributed by atoms with Gasteiger partial charge in [-0.2, -0.15) is 0 Å². The van der Waals surface area contributed by atoms with Crippen molar-refractivity contribution >= 4 is 5.97 Å². The fraction of sp³-hybridized carbons (Fsp3) is 0.556. The molecule has 15 heavy (non-hydrogen) atoms. The summed E-state index contributed by atoms with van der Waals surface area (Å²) in [5, 5.41) is 11.2. The monoisotopic (exact) mass is 212 g/mol. The topological polar surface area (TPSA) is 109 Å². The summed E-state index contributed by atoms with van der Waals surface area (Å²) in [6.45, 7) is 0. The predicted molar refractivity (Wildman–Crippen MR) is 50.6 cm³/mol. The molecule has 0 bridgehead atoms. The van der Waals surface area contributed by atoms with Gasteiger partial charge >= 0.3 is 11.6 Å². The number of aromatic nitrogens is 1. The van der Waals surface area contributed by atoms with Gasteiger partial charge in [0.05, 0.1) is 11.3 Å². The number of nitrogens with one attached hydrogen (secondary N) is 1. The summed E-state index contributed by atoms with van der Waals surface area (Å²) in [4.78, 5) is 21.8. The highest BCUT2D eigenvalue weighted by Gasteiger charge is 2.31. The van der Waals surface area contributed by atoms with Crippen LogP contribution in [0.15, 0.2) is 9.32 Å². The fourth-order valence-electron chi connectivity index (χ4n) is 1.54. The second-order valence-corrected chi connectivity index (χ2v) is 3.81. The second-order valence-electron chi connectivity index (χ2n) is 3.81. The molecule has 6 nitrogen and oxygen atoms in total. The van der Waals surface area contributed by atoms with Gasteiger partial charge in [-0.3, -0.25) is 4.79 Å². The van der Waals surface area contributed by atoms with E-state index in [0.29, 0.717) is 11.5 Å². The van der Waals surface area contributed by atoms with E-state index >= 15 is 0 Å². The Bertz CT molecular complexity index is 430. The molecule has 0 unspecified atom stereocenters. The van der Waals surface area contributed by atoms with Crippen LogP contribution >= 0.6 is 0 Å². The van der Waals surface area contributed by atoms with Crippen molar-refractivity contribution in [1.29, 1.82) is 0 Å². The van der Waals surface area contributed by atoms with E-state index in [-0.39, 0.29) is 6.42 Å². The van der Waals surface area contributed by atoms with Crippen LogP contribution in [0.5, 0.6) is 0 Å². The Balaban J connectivity index is 2.22. The lowest BCUT2D eigenvalue weighted by Gasteiger charge is -2.04. The van der Waals surface area contributed by atoms with Gasteiger partial charge < -0.3 is 15.4 Å². The molecular formula is C9H12N2O4. The van der Waals surface area contributed by atoms with E-state index in [1.165, 1.54) is 0 Å². The summed E-state index contributed by atoms with van der Waals surface area (Å²) in [7, 11) is 0. The maximum atomic E-state index is 11.3. The van der Waals surface area contributed by atoms with E-state index in [0.717, 1.165) is 18.5 Å². The minimum Gasteiger partial charge on any atom is -0.480 e. The number of nitrogens with two attached hydrogens (primary N) is 1. The summed E-state index contributed by atoms with van der Waals surface area (Å²) in [6, 6.07) is -1.05. The summed E-state index contributed by atoms with van der Waals surface area (Å²) < 4.78 is 4.65. The van der Waals surface area contributed by atoms with Crippen molar-refractivity contribution in [3.8, 4) is 0 Å². The third-order valence-corrected chi connectivity index (χ3v) is 2.55. The number of aromatic amines is 1. The Morgan fingerprint density at radius 2 is 2.33 bits per heavy atom. The van der Waals surface area contributed by atoms with E-state index in [4.69, 9.17) is 10.8 Å². The predicted octanol–water partition coefficient (Wildman–Crippen LogP) is -0.200. The van der Waals surface area contributed by atoms with Crippen molar-refractivity contribution < 1.29 is 14.4 Å². The van der Waals surface area contributed by atoms with Gasteiger partial charge in [0.15, 0.2) is 0 Å². The number of H-pyrrole nitrogens is 1. The highest BCUT2D eigenvalue weighted by molar-refractivity contribution is 5.73. The molecule has 1 aliphatic rings. The van der Waals surface area contributed by atoms with E-state index in [1.54, 1.807) is 0 Å². The molecular weight excluding hydrogens is 200 g/mol. The largest absolute Gasteiger partial charge is 0.480 e. The Labute approximate surface area is 85.0 Å². The van der Waals surface area contributed by atoms with Crippen molar-refractivity contribution in [3.63, 3.8) is 0 Å². The third-order valence-electron chi connectivity index (χ3n) is 2.55. The maximum absolute atomic E-state index is 11.3. The van der Waals surface area contributed by atoms with Gasteiger partial charge in [-0.05, 0) is 12.8 Å². The van der Waals surface area contributed by atoms with Crippen molar-refractivity contribution in [2.45, 2.75) is 31.2 Å². The lowest BCUT2D eigenvalue weighted by Crippen LogP contribution is -2.33. The van der Waals surface area contributed by atoms with Crippen molar-refractivity contribution in [2.24, 2.45) is 5.73 Å². The molecule has 6 heteroatoms. The van der Waals surface area contributed by atoms with Crippen LogP contribution in [-0.4, -0.2) is 22.3 Å². The summed E-state index contributed by atoms with van der Waals surface area (Å²) in [5.74, 6) is -0.801. The molecule has 2 rings (SSSR count). The third kappa shape index (κ3) is 1.94. The second kappa shape index (κ2) is 3.54. The molecule has 1 aromatic rings. The van der Waals surface area contributed by atoms with Gasteiger partial charge in [0.2, 0.25) is 0 Å². The number of carbonyl (C=O) groups is 1. The first-order valence-electron chi connectivity index (χ1n) is 4.78. The van der Waals surface area contributed by atoms with E-state index in [1.807, 2.05) is 0 Å². The average molecular weight is 212 g/mol. The number of rotatable bonds is 4. The molecule has 0 radical (unpaired) electrons. The molecule has 1 heterocycles. The van der Waals surface area contributed by atoms with E-state index in [2.05, 4.69) is 9.68 Å². The van der Waals surface area contributed by atoms with Gasteiger partial charge in [0.1, 0.15) is 6.04 Å². The Morgan fingerprint density at radius 3 is 2.87 bits per heavy atom. The Morgan fingerprint density at radius 1 is 1.67 bits per heavy atom. The van der Waals surface area contributed by atoms with Gasteiger partial charge in [-0.1, -0.05) is 0 Å². The van der Waals surface area contributed by atoms with Crippen molar-refractivity contribution in [3.05, 3.63) is 21.7 Å². The molecule has 0 amide bonds. The summed E-state index contributed by atoms with van der Waals surface area (Å²) >= 11 is 0. The molecule has 82 valence electrons. The molecule has 1 aromatic heterocycles. The lowest BCUT2D eigenvalue weighted by atomic mass is 10.1. The molecule has 1 atom stereocenters. The van der Waals surface area contributed by atoms with Crippen molar-refractivity contribution in [2.75, 3.05) is 0 Å². The average Bonchev–Trinajstić information content (AvgIpc) is 2.95. The molecule has 0 aromatic carbocycles. The Kier molecular flexibility index (Phi) is 2.36. The molecule has 0 saturated heterocycles. The zero-order chi connectivity index (χ0) is 11.0. The fourth-order valence-corrected chi connectivity index (χ4v) is 1.54. The first-order valence-corrected chi connectivity index (χ1v) is 4.78. The molecule has 0 aliphatic heterocycles. The standard InChI is InChI=1S/C9H12N2O4/c10-6(8(12)13)3-5-7(4-1-2-4)11-15-9(5)14/h4,6,11H,1-3,10H2,(H,12,13)/t6-/m0/s1. The lowest BCUT2D eigenvalue weighted by molar-refractivity contribution is -0.138. The highest BCUT2D eigenvalue weighted by Crippen LogP contribution is 2.40. The molecule has 1 fully saturated rings. The van der Waals surface area contributed by atoms with Crippen LogP contribution in [0.25, 0.3) is 0 Å². The zero-order valence-electron chi connectivity index (χ0n) is 8.03. The Hall–Kier alpha value is -1.56. The maximum Gasteiger partial charge on any atom is 0.360 e. The first kappa shape index (κ1) is 9.97. The normalized spacial score (nSPS) is 17.7. The molecule has 0 spiro atoms. The van der Waals surface area contributed by atoms with Crippen molar-refractivity contribution in [1.82, 2.24) is 5.16 Å².